The quantitative estimate of drug-likeness (QED) is 0.386. The predicted molar refractivity (Wildman–Crippen MR) is 136 cm³/mol. The van der Waals surface area contributed by atoms with Crippen LogP contribution in [0.1, 0.15) is 27.4 Å². The molecule has 0 spiro atoms. The molecule has 7 heteroatoms. The Balaban J connectivity index is 1.55. The molecule has 0 aliphatic heterocycles. The number of benzene rings is 3. The maximum atomic E-state index is 13.7. The van der Waals surface area contributed by atoms with Gasteiger partial charge in [0, 0.05) is 30.2 Å². The molecule has 35 heavy (non-hydrogen) atoms. The van der Waals surface area contributed by atoms with Crippen LogP contribution < -0.4 is 5.56 Å². The van der Waals surface area contributed by atoms with Crippen molar-refractivity contribution in [2.24, 2.45) is 0 Å². The number of para-hydroxylation sites is 2. The average molecular weight is 464 g/mol. The molecule has 0 saturated carbocycles. The van der Waals surface area contributed by atoms with Gasteiger partial charge in [-0.05, 0) is 44.2 Å². The van der Waals surface area contributed by atoms with E-state index < -0.39 is 0 Å². The lowest BCUT2D eigenvalue weighted by Crippen LogP contribution is -2.31. The second-order valence-corrected chi connectivity index (χ2v) is 8.50. The van der Waals surface area contributed by atoms with Crippen molar-refractivity contribution in [2.45, 2.75) is 20.4 Å². The lowest BCUT2D eigenvalue weighted by atomic mass is 10.1. The third kappa shape index (κ3) is 4.01. The van der Waals surface area contributed by atoms with Crippen molar-refractivity contribution in [1.82, 2.24) is 24.5 Å². The van der Waals surface area contributed by atoms with Crippen LogP contribution in [0.5, 0.6) is 0 Å². The molecular formula is C28H25N5O2. The van der Waals surface area contributed by atoms with Crippen LogP contribution in [0.3, 0.4) is 0 Å². The van der Waals surface area contributed by atoms with Gasteiger partial charge in [0.25, 0.3) is 11.5 Å². The highest BCUT2D eigenvalue weighted by Gasteiger charge is 2.23. The van der Waals surface area contributed by atoms with Crippen LogP contribution in [0.4, 0.5) is 0 Å². The summed E-state index contributed by atoms with van der Waals surface area (Å²) in [5, 5.41) is 10.2. The summed E-state index contributed by atoms with van der Waals surface area (Å²) in [4.78, 5) is 28.5. The van der Waals surface area contributed by atoms with Gasteiger partial charge in [-0.15, -0.1) is 0 Å². The number of hydrogen-bond donors (Lipinski definition) is 0. The van der Waals surface area contributed by atoms with E-state index in [2.05, 4.69) is 5.10 Å². The van der Waals surface area contributed by atoms with Gasteiger partial charge in [-0.2, -0.15) is 14.9 Å². The lowest BCUT2D eigenvalue weighted by molar-refractivity contribution is 0.0779. The lowest BCUT2D eigenvalue weighted by Gasteiger charge is -2.19. The van der Waals surface area contributed by atoms with Crippen LogP contribution in [0.15, 0.2) is 89.7 Å². The molecule has 0 radical (unpaired) electrons. The molecule has 0 saturated heterocycles. The molecule has 2 aromatic heterocycles. The Hall–Kier alpha value is -4.52. The molecule has 0 aliphatic carbocycles. The zero-order valence-electron chi connectivity index (χ0n) is 19.8. The molecule has 174 valence electrons. The number of hydrogen-bond acceptors (Lipinski definition) is 4. The van der Waals surface area contributed by atoms with Gasteiger partial charge in [-0.25, -0.2) is 4.68 Å². The van der Waals surface area contributed by atoms with Crippen molar-refractivity contribution in [3.05, 3.63) is 118 Å². The molecule has 0 N–H and O–H groups in total. The minimum Gasteiger partial charge on any atom is -0.336 e. The highest BCUT2D eigenvalue weighted by atomic mass is 16.2. The maximum absolute atomic E-state index is 13.7. The molecule has 1 amide bonds. The van der Waals surface area contributed by atoms with E-state index in [1.807, 2.05) is 73.1 Å². The predicted octanol–water partition coefficient (Wildman–Crippen LogP) is 4.46. The van der Waals surface area contributed by atoms with E-state index >= 15 is 0 Å². The third-order valence-corrected chi connectivity index (χ3v) is 6.19. The van der Waals surface area contributed by atoms with E-state index in [0.717, 1.165) is 22.6 Å². The maximum Gasteiger partial charge on any atom is 0.279 e. The topological polar surface area (TPSA) is 73.0 Å². The molecule has 0 fully saturated rings. The van der Waals surface area contributed by atoms with Gasteiger partial charge in [0.05, 0.1) is 22.5 Å². The molecule has 0 unspecified atom stereocenters. The second kappa shape index (κ2) is 9.02. The van der Waals surface area contributed by atoms with Crippen molar-refractivity contribution < 1.29 is 4.79 Å². The standard InChI is InChI=1S/C28H25N5O2/c1-19-25(20(2)32(29-19)21-12-6-4-7-13-21)18-31(3)28(35)26-23-16-10-11-17-24(23)27(34)33(30-26)22-14-8-5-9-15-22/h4-17H,18H2,1-3H3. The van der Waals surface area contributed by atoms with Gasteiger partial charge in [0.15, 0.2) is 5.69 Å². The molecule has 0 atom stereocenters. The monoisotopic (exact) mass is 463 g/mol. The first-order valence-electron chi connectivity index (χ1n) is 11.4. The van der Waals surface area contributed by atoms with E-state index in [0.29, 0.717) is 23.0 Å². The SMILES string of the molecule is Cc1nn(-c2ccccc2)c(C)c1CN(C)C(=O)c1nn(-c2ccccc2)c(=O)c2ccccc12. The Morgan fingerprint density at radius 2 is 1.31 bits per heavy atom. The molecule has 5 rings (SSSR count). The zero-order valence-corrected chi connectivity index (χ0v) is 19.8. The Morgan fingerprint density at radius 1 is 0.771 bits per heavy atom. The fraction of sp³-hybridized carbons (Fsp3) is 0.143. The first kappa shape index (κ1) is 22.3. The Morgan fingerprint density at radius 3 is 1.94 bits per heavy atom. The molecular weight excluding hydrogens is 438 g/mol. The largest absolute Gasteiger partial charge is 0.336 e. The normalized spacial score (nSPS) is 11.1. The number of fused-ring (bicyclic) bond motifs is 1. The third-order valence-electron chi connectivity index (χ3n) is 6.19. The molecule has 7 nitrogen and oxygen atoms in total. The van der Waals surface area contributed by atoms with Crippen LogP contribution in [0.25, 0.3) is 22.1 Å². The highest BCUT2D eigenvalue weighted by Crippen LogP contribution is 2.21. The summed E-state index contributed by atoms with van der Waals surface area (Å²) in [6.45, 7) is 4.32. The van der Waals surface area contributed by atoms with Crippen LogP contribution in [0.2, 0.25) is 0 Å². The fourth-order valence-corrected chi connectivity index (χ4v) is 4.31. The second-order valence-electron chi connectivity index (χ2n) is 8.50. The first-order chi connectivity index (χ1) is 17.0. The van der Waals surface area contributed by atoms with E-state index in [-0.39, 0.29) is 17.2 Å². The minimum atomic E-state index is -0.267. The molecule has 2 heterocycles. The first-order valence-corrected chi connectivity index (χ1v) is 11.4. The summed E-state index contributed by atoms with van der Waals surface area (Å²) in [6.07, 6.45) is 0. The van der Waals surface area contributed by atoms with Gasteiger partial charge in [0.2, 0.25) is 0 Å². The number of carbonyl (C=O) groups is 1. The van der Waals surface area contributed by atoms with Crippen molar-refractivity contribution >= 4 is 16.7 Å². The summed E-state index contributed by atoms with van der Waals surface area (Å²) < 4.78 is 3.19. The Bertz CT molecular complexity index is 1590. The molecule has 3 aromatic carbocycles. The number of rotatable bonds is 5. The summed E-state index contributed by atoms with van der Waals surface area (Å²) >= 11 is 0. The number of amides is 1. The number of carbonyl (C=O) groups excluding carboxylic acids is 1. The number of aryl methyl sites for hydroxylation is 1. The molecule has 0 aliphatic rings. The summed E-state index contributed by atoms with van der Waals surface area (Å²) in [5.41, 5.74) is 4.36. The van der Waals surface area contributed by atoms with Gasteiger partial charge in [-0.3, -0.25) is 9.59 Å². The van der Waals surface area contributed by atoms with Crippen LogP contribution in [0, 0.1) is 13.8 Å². The van der Waals surface area contributed by atoms with Crippen LogP contribution in [-0.2, 0) is 6.54 Å². The van der Waals surface area contributed by atoms with E-state index in [9.17, 15) is 9.59 Å². The van der Waals surface area contributed by atoms with Crippen molar-refractivity contribution in [1.29, 1.82) is 0 Å². The van der Waals surface area contributed by atoms with E-state index in [1.54, 1.807) is 42.3 Å². The number of nitrogens with zero attached hydrogens (tertiary/aromatic N) is 5. The Kier molecular flexibility index (Phi) is 5.74. The van der Waals surface area contributed by atoms with Crippen LogP contribution >= 0.6 is 0 Å². The zero-order chi connectivity index (χ0) is 24.5. The summed E-state index contributed by atoms with van der Waals surface area (Å²) in [7, 11) is 1.75. The van der Waals surface area contributed by atoms with E-state index in [1.165, 1.54) is 4.68 Å². The smallest absolute Gasteiger partial charge is 0.279 e. The average Bonchev–Trinajstić information content (AvgIpc) is 3.18. The van der Waals surface area contributed by atoms with Gasteiger partial charge < -0.3 is 4.90 Å². The van der Waals surface area contributed by atoms with Crippen molar-refractivity contribution in [2.75, 3.05) is 7.05 Å². The minimum absolute atomic E-state index is 0.234. The summed E-state index contributed by atoms with van der Waals surface area (Å²) in [5.74, 6) is -0.267. The summed E-state index contributed by atoms with van der Waals surface area (Å²) in [6, 6.07) is 26.2. The number of aromatic nitrogens is 4. The van der Waals surface area contributed by atoms with Crippen molar-refractivity contribution in [3.8, 4) is 11.4 Å². The van der Waals surface area contributed by atoms with Gasteiger partial charge in [0.1, 0.15) is 0 Å². The van der Waals surface area contributed by atoms with Crippen molar-refractivity contribution in [3.63, 3.8) is 0 Å². The fourth-order valence-electron chi connectivity index (χ4n) is 4.31. The van der Waals surface area contributed by atoms with Gasteiger partial charge >= 0.3 is 0 Å². The van der Waals surface area contributed by atoms with Gasteiger partial charge in [-0.1, -0.05) is 54.6 Å². The Labute approximate surface area is 202 Å². The molecule has 0 bridgehead atoms. The highest BCUT2D eigenvalue weighted by molar-refractivity contribution is 6.04. The van der Waals surface area contributed by atoms with E-state index in [4.69, 9.17) is 5.10 Å². The molecule has 5 aromatic rings. The van der Waals surface area contributed by atoms with Crippen LogP contribution in [-0.4, -0.2) is 37.4 Å².